The molecular formula is C11H15BrN6. The Bertz CT molecular complexity index is 577. The molecule has 0 saturated carbocycles. The van der Waals surface area contributed by atoms with Crippen LogP contribution in [-0.2, 0) is 6.42 Å². The van der Waals surface area contributed by atoms with E-state index in [4.69, 9.17) is 5.84 Å². The minimum Gasteiger partial charge on any atom is -0.308 e. The minimum atomic E-state index is 0.631. The van der Waals surface area contributed by atoms with Gasteiger partial charge in [0.2, 0.25) is 0 Å². The molecule has 0 amide bonds. The van der Waals surface area contributed by atoms with E-state index in [0.29, 0.717) is 5.82 Å². The number of anilines is 1. The second-order valence-electron chi connectivity index (χ2n) is 3.92. The Kier molecular flexibility index (Phi) is 3.63. The molecule has 2 rings (SSSR count). The topological polar surface area (TPSA) is 81.6 Å². The minimum absolute atomic E-state index is 0.631. The lowest BCUT2D eigenvalue weighted by Crippen LogP contribution is -2.15. The molecule has 0 spiro atoms. The van der Waals surface area contributed by atoms with E-state index in [1.165, 1.54) is 6.33 Å². The van der Waals surface area contributed by atoms with E-state index in [1.807, 2.05) is 20.8 Å². The van der Waals surface area contributed by atoms with Crippen molar-refractivity contribution in [2.24, 2.45) is 5.84 Å². The van der Waals surface area contributed by atoms with Crippen molar-refractivity contribution in [1.29, 1.82) is 0 Å². The van der Waals surface area contributed by atoms with Crippen molar-refractivity contribution in [2.75, 3.05) is 5.43 Å². The summed E-state index contributed by atoms with van der Waals surface area (Å²) >= 11 is 3.51. The Balaban J connectivity index is 2.67. The lowest BCUT2D eigenvalue weighted by Gasteiger charge is -2.11. The molecular weight excluding hydrogens is 296 g/mol. The van der Waals surface area contributed by atoms with Gasteiger partial charge in [-0.25, -0.2) is 20.5 Å². The number of nitrogens with two attached hydrogens (primary N) is 1. The summed E-state index contributed by atoms with van der Waals surface area (Å²) < 4.78 is 2.80. The monoisotopic (exact) mass is 310 g/mol. The molecule has 0 aliphatic rings. The number of aromatic nitrogens is 4. The summed E-state index contributed by atoms with van der Waals surface area (Å²) in [5, 5.41) is 4.47. The van der Waals surface area contributed by atoms with Crippen LogP contribution in [0.4, 0.5) is 5.82 Å². The average Bonchev–Trinajstić information content (AvgIpc) is 2.65. The number of aryl methyl sites for hydroxylation is 1. The Hall–Kier alpha value is -1.47. The molecule has 0 unspecified atom stereocenters. The normalized spacial score (nSPS) is 10.7. The summed E-state index contributed by atoms with van der Waals surface area (Å²) in [6, 6.07) is 0. The van der Waals surface area contributed by atoms with Crippen molar-refractivity contribution >= 4 is 21.7 Å². The number of nitrogens with one attached hydrogen (secondary N) is 1. The van der Waals surface area contributed by atoms with E-state index < -0.39 is 0 Å². The number of nitrogen functional groups attached to an aromatic ring is 1. The number of hydrogen-bond donors (Lipinski definition) is 2. The van der Waals surface area contributed by atoms with Gasteiger partial charge in [-0.05, 0) is 36.2 Å². The van der Waals surface area contributed by atoms with Gasteiger partial charge in [-0.2, -0.15) is 5.10 Å². The van der Waals surface area contributed by atoms with Crippen molar-refractivity contribution in [3.05, 3.63) is 27.8 Å². The molecule has 3 N–H and O–H groups in total. The van der Waals surface area contributed by atoms with Gasteiger partial charge in [-0.1, -0.05) is 6.92 Å². The van der Waals surface area contributed by atoms with E-state index in [0.717, 1.165) is 33.7 Å². The third-order valence-corrected chi connectivity index (χ3v) is 3.96. The van der Waals surface area contributed by atoms with E-state index in [2.05, 4.69) is 36.4 Å². The molecule has 0 saturated heterocycles. The number of hydrogen-bond acceptors (Lipinski definition) is 5. The molecule has 0 atom stereocenters. The molecule has 0 aliphatic carbocycles. The fourth-order valence-corrected chi connectivity index (χ4v) is 2.11. The van der Waals surface area contributed by atoms with Crippen molar-refractivity contribution in [2.45, 2.75) is 27.2 Å². The van der Waals surface area contributed by atoms with Crippen LogP contribution >= 0.6 is 15.9 Å². The maximum Gasteiger partial charge on any atom is 0.162 e. The molecule has 18 heavy (non-hydrogen) atoms. The highest BCUT2D eigenvalue weighted by Crippen LogP contribution is 2.25. The van der Waals surface area contributed by atoms with Gasteiger partial charge in [0.25, 0.3) is 0 Å². The number of hydrazine groups is 1. The van der Waals surface area contributed by atoms with E-state index >= 15 is 0 Å². The average molecular weight is 311 g/mol. The second-order valence-corrected chi connectivity index (χ2v) is 4.71. The second kappa shape index (κ2) is 5.03. The third-order valence-electron chi connectivity index (χ3n) is 2.82. The number of nitrogens with zero attached hydrogens (tertiary/aromatic N) is 4. The molecule has 0 aromatic carbocycles. The zero-order chi connectivity index (χ0) is 13.3. The Morgan fingerprint density at radius 2 is 2.11 bits per heavy atom. The number of halogens is 1. The Morgan fingerprint density at radius 1 is 1.39 bits per heavy atom. The molecule has 0 aliphatic heterocycles. The molecule has 2 heterocycles. The van der Waals surface area contributed by atoms with Gasteiger partial charge in [0.15, 0.2) is 5.82 Å². The zero-order valence-electron chi connectivity index (χ0n) is 10.5. The van der Waals surface area contributed by atoms with Gasteiger partial charge in [0, 0.05) is 5.56 Å². The fourth-order valence-electron chi connectivity index (χ4n) is 1.87. The first-order valence-electron chi connectivity index (χ1n) is 5.62. The van der Waals surface area contributed by atoms with Gasteiger partial charge in [-0.3, -0.25) is 0 Å². The standard InChI is InChI=1S/C11H15BrN6/c1-4-8-10(16-13)14-5-15-11(8)18-7(3)9(12)6(2)17-18/h5H,4,13H2,1-3H3,(H,14,15,16). The summed E-state index contributed by atoms with van der Waals surface area (Å²) in [5.41, 5.74) is 5.47. The van der Waals surface area contributed by atoms with E-state index in [-0.39, 0.29) is 0 Å². The molecule has 0 fully saturated rings. The first kappa shape index (κ1) is 13.0. The highest BCUT2D eigenvalue weighted by molar-refractivity contribution is 9.10. The lowest BCUT2D eigenvalue weighted by atomic mass is 10.2. The van der Waals surface area contributed by atoms with Crippen molar-refractivity contribution in [3.8, 4) is 5.82 Å². The highest BCUT2D eigenvalue weighted by atomic mass is 79.9. The van der Waals surface area contributed by atoms with Crippen LogP contribution in [0.5, 0.6) is 0 Å². The molecule has 0 bridgehead atoms. The van der Waals surface area contributed by atoms with Crippen molar-refractivity contribution < 1.29 is 0 Å². The Labute approximate surface area is 114 Å². The van der Waals surface area contributed by atoms with Gasteiger partial charge in [0.05, 0.1) is 15.9 Å². The summed E-state index contributed by atoms with van der Waals surface area (Å²) in [5.74, 6) is 6.85. The van der Waals surface area contributed by atoms with Crippen molar-refractivity contribution in [1.82, 2.24) is 19.7 Å². The van der Waals surface area contributed by atoms with Crippen LogP contribution in [0.15, 0.2) is 10.8 Å². The van der Waals surface area contributed by atoms with Crippen LogP contribution in [-0.4, -0.2) is 19.7 Å². The first-order chi connectivity index (χ1) is 8.60. The van der Waals surface area contributed by atoms with Crippen LogP contribution in [0.25, 0.3) is 5.82 Å². The lowest BCUT2D eigenvalue weighted by molar-refractivity contribution is 0.784. The van der Waals surface area contributed by atoms with Crippen LogP contribution < -0.4 is 11.3 Å². The largest absolute Gasteiger partial charge is 0.308 e. The Morgan fingerprint density at radius 3 is 2.61 bits per heavy atom. The maximum atomic E-state index is 5.47. The molecule has 96 valence electrons. The SMILES string of the molecule is CCc1c(NN)ncnc1-n1nc(C)c(Br)c1C. The van der Waals surface area contributed by atoms with Gasteiger partial charge < -0.3 is 5.43 Å². The quantitative estimate of drug-likeness (QED) is 0.668. The van der Waals surface area contributed by atoms with Crippen LogP contribution in [0, 0.1) is 13.8 Å². The van der Waals surface area contributed by atoms with Gasteiger partial charge >= 0.3 is 0 Å². The maximum absolute atomic E-state index is 5.47. The van der Waals surface area contributed by atoms with Crippen molar-refractivity contribution in [3.63, 3.8) is 0 Å². The van der Waals surface area contributed by atoms with Gasteiger partial charge in [0.1, 0.15) is 12.1 Å². The third kappa shape index (κ3) is 1.99. The summed E-state index contributed by atoms with van der Waals surface area (Å²) in [6.07, 6.45) is 2.25. The molecule has 2 aromatic rings. The van der Waals surface area contributed by atoms with Crippen LogP contribution in [0.1, 0.15) is 23.9 Å². The molecule has 6 nitrogen and oxygen atoms in total. The highest BCUT2D eigenvalue weighted by Gasteiger charge is 2.16. The van der Waals surface area contributed by atoms with E-state index in [9.17, 15) is 0 Å². The summed E-state index contributed by atoms with van der Waals surface area (Å²) in [7, 11) is 0. The van der Waals surface area contributed by atoms with E-state index in [1.54, 1.807) is 4.68 Å². The zero-order valence-corrected chi connectivity index (χ0v) is 12.1. The number of rotatable bonds is 3. The molecule has 7 heteroatoms. The molecule has 2 aromatic heterocycles. The van der Waals surface area contributed by atoms with Gasteiger partial charge in [-0.15, -0.1) is 0 Å². The summed E-state index contributed by atoms with van der Waals surface area (Å²) in [4.78, 5) is 8.43. The van der Waals surface area contributed by atoms with Crippen LogP contribution in [0.2, 0.25) is 0 Å². The predicted octanol–water partition coefficient (Wildman–Crippen LogP) is 1.89. The first-order valence-corrected chi connectivity index (χ1v) is 6.42. The molecule has 0 radical (unpaired) electrons. The van der Waals surface area contributed by atoms with Crippen LogP contribution in [0.3, 0.4) is 0 Å². The smallest absolute Gasteiger partial charge is 0.162 e. The predicted molar refractivity (Wildman–Crippen MR) is 73.5 cm³/mol. The summed E-state index contributed by atoms with van der Waals surface area (Å²) in [6.45, 7) is 5.97. The fraction of sp³-hybridized carbons (Fsp3) is 0.364.